The summed E-state index contributed by atoms with van der Waals surface area (Å²) in [7, 11) is 1.54. The van der Waals surface area contributed by atoms with Crippen LogP contribution in [-0.2, 0) is 0 Å². The van der Waals surface area contributed by atoms with Crippen molar-refractivity contribution in [1.82, 2.24) is 5.32 Å². The van der Waals surface area contributed by atoms with E-state index in [4.69, 9.17) is 4.74 Å². The maximum atomic E-state index is 14.1. The standard InChI is InChI=1S/C18H22FNO/c1-12-6-5-7-15(10-12)13(2)20-14(3)17-9-8-16(21-4)11-18(17)19/h5-11,13-14,20H,1-4H3/t13-,14?/m1/s1. The molecule has 2 rings (SSSR count). The third kappa shape index (κ3) is 3.82. The van der Waals surface area contributed by atoms with Crippen LogP contribution in [0.25, 0.3) is 0 Å². The summed E-state index contributed by atoms with van der Waals surface area (Å²) in [6.07, 6.45) is 0. The maximum Gasteiger partial charge on any atom is 0.131 e. The van der Waals surface area contributed by atoms with Gasteiger partial charge < -0.3 is 10.1 Å². The normalized spacial score (nSPS) is 13.8. The van der Waals surface area contributed by atoms with Gasteiger partial charge in [0.05, 0.1) is 7.11 Å². The fraction of sp³-hybridized carbons (Fsp3) is 0.333. The van der Waals surface area contributed by atoms with E-state index in [1.54, 1.807) is 12.1 Å². The molecular formula is C18H22FNO. The molecule has 0 aromatic heterocycles. The van der Waals surface area contributed by atoms with E-state index in [0.29, 0.717) is 11.3 Å². The monoisotopic (exact) mass is 287 g/mol. The van der Waals surface area contributed by atoms with E-state index in [-0.39, 0.29) is 17.9 Å². The molecule has 1 unspecified atom stereocenters. The van der Waals surface area contributed by atoms with Gasteiger partial charge >= 0.3 is 0 Å². The van der Waals surface area contributed by atoms with Crippen molar-refractivity contribution >= 4 is 0 Å². The van der Waals surface area contributed by atoms with Gasteiger partial charge in [-0.25, -0.2) is 4.39 Å². The van der Waals surface area contributed by atoms with Gasteiger partial charge in [-0.05, 0) is 32.4 Å². The van der Waals surface area contributed by atoms with Crippen LogP contribution < -0.4 is 10.1 Å². The Morgan fingerprint density at radius 2 is 1.81 bits per heavy atom. The molecule has 21 heavy (non-hydrogen) atoms. The van der Waals surface area contributed by atoms with Crippen LogP contribution >= 0.6 is 0 Å². The molecule has 2 aromatic rings. The zero-order valence-corrected chi connectivity index (χ0v) is 13.0. The second kappa shape index (κ2) is 6.72. The van der Waals surface area contributed by atoms with E-state index >= 15 is 0 Å². The van der Waals surface area contributed by atoms with Gasteiger partial charge in [0.25, 0.3) is 0 Å². The SMILES string of the molecule is COc1ccc(C(C)N[C@H](C)c2cccc(C)c2)c(F)c1. The predicted molar refractivity (Wildman–Crippen MR) is 84.1 cm³/mol. The number of benzene rings is 2. The third-order valence-corrected chi connectivity index (χ3v) is 3.72. The van der Waals surface area contributed by atoms with Crippen LogP contribution in [0.15, 0.2) is 42.5 Å². The molecule has 0 spiro atoms. The quantitative estimate of drug-likeness (QED) is 0.870. The number of ether oxygens (including phenoxy) is 1. The Hall–Kier alpha value is -1.87. The average molecular weight is 287 g/mol. The lowest BCUT2D eigenvalue weighted by atomic mass is 10.0. The average Bonchev–Trinajstić information content (AvgIpc) is 2.46. The minimum atomic E-state index is -0.245. The van der Waals surface area contributed by atoms with Crippen molar-refractivity contribution in [3.05, 3.63) is 65.0 Å². The molecule has 0 saturated heterocycles. The summed E-state index contributed by atoms with van der Waals surface area (Å²) in [4.78, 5) is 0. The van der Waals surface area contributed by atoms with Crippen molar-refractivity contribution < 1.29 is 9.13 Å². The van der Waals surface area contributed by atoms with Crippen molar-refractivity contribution in [2.75, 3.05) is 7.11 Å². The van der Waals surface area contributed by atoms with Gasteiger partial charge in [-0.2, -0.15) is 0 Å². The number of hydrogen-bond acceptors (Lipinski definition) is 2. The highest BCUT2D eigenvalue weighted by Crippen LogP contribution is 2.24. The zero-order chi connectivity index (χ0) is 15.4. The molecule has 0 fully saturated rings. The number of nitrogens with one attached hydrogen (secondary N) is 1. The van der Waals surface area contributed by atoms with Crippen molar-refractivity contribution in [3.8, 4) is 5.75 Å². The molecule has 0 heterocycles. The number of hydrogen-bond donors (Lipinski definition) is 1. The molecule has 0 aliphatic carbocycles. The van der Waals surface area contributed by atoms with Crippen LogP contribution in [0.1, 0.15) is 42.6 Å². The van der Waals surface area contributed by atoms with Crippen LogP contribution in [0.4, 0.5) is 4.39 Å². The van der Waals surface area contributed by atoms with E-state index in [1.165, 1.54) is 24.3 Å². The minimum absolute atomic E-state index is 0.0774. The summed E-state index contributed by atoms with van der Waals surface area (Å²) < 4.78 is 19.1. The molecule has 0 aliphatic heterocycles. The number of aryl methyl sites for hydroxylation is 1. The molecule has 0 bridgehead atoms. The molecular weight excluding hydrogens is 265 g/mol. The van der Waals surface area contributed by atoms with Gasteiger partial charge in [0.2, 0.25) is 0 Å². The summed E-state index contributed by atoms with van der Waals surface area (Å²) in [6.45, 7) is 6.13. The first-order chi connectivity index (χ1) is 10.0. The Kier molecular flexibility index (Phi) is 4.97. The second-order valence-electron chi connectivity index (χ2n) is 5.41. The molecule has 1 N–H and O–H groups in total. The zero-order valence-electron chi connectivity index (χ0n) is 13.0. The molecule has 2 aromatic carbocycles. The van der Waals surface area contributed by atoms with E-state index in [0.717, 1.165) is 0 Å². The van der Waals surface area contributed by atoms with Gasteiger partial charge in [-0.15, -0.1) is 0 Å². The molecule has 0 radical (unpaired) electrons. The summed E-state index contributed by atoms with van der Waals surface area (Å²) in [6, 6.07) is 13.4. The maximum absolute atomic E-state index is 14.1. The first-order valence-electron chi connectivity index (χ1n) is 7.17. The van der Waals surface area contributed by atoms with Gasteiger partial charge in [0.15, 0.2) is 0 Å². The number of halogens is 1. The van der Waals surface area contributed by atoms with Gasteiger partial charge in [-0.1, -0.05) is 35.9 Å². The van der Waals surface area contributed by atoms with E-state index in [1.807, 2.05) is 13.0 Å². The highest BCUT2D eigenvalue weighted by Gasteiger charge is 2.15. The molecule has 0 saturated carbocycles. The van der Waals surface area contributed by atoms with E-state index < -0.39 is 0 Å². The van der Waals surface area contributed by atoms with E-state index in [9.17, 15) is 4.39 Å². The fourth-order valence-corrected chi connectivity index (χ4v) is 2.49. The van der Waals surface area contributed by atoms with E-state index in [2.05, 4.69) is 37.4 Å². The Bertz CT molecular complexity index is 612. The lowest BCUT2D eigenvalue weighted by Gasteiger charge is -2.21. The number of methoxy groups -OCH3 is 1. The summed E-state index contributed by atoms with van der Waals surface area (Å²) >= 11 is 0. The highest BCUT2D eigenvalue weighted by atomic mass is 19.1. The predicted octanol–water partition coefficient (Wildman–Crippen LogP) is 4.55. The van der Waals surface area contributed by atoms with Crippen LogP contribution in [0, 0.1) is 12.7 Å². The molecule has 2 atom stereocenters. The fourth-order valence-electron chi connectivity index (χ4n) is 2.49. The number of rotatable bonds is 5. The van der Waals surface area contributed by atoms with Crippen molar-refractivity contribution in [2.24, 2.45) is 0 Å². The second-order valence-corrected chi connectivity index (χ2v) is 5.41. The Balaban J connectivity index is 2.12. The van der Waals surface area contributed by atoms with Crippen LogP contribution in [0.5, 0.6) is 5.75 Å². The van der Waals surface area contributed by atoms with Crippen molar-refractivity contribution in [3.63, 3.8) is 0 Å². The Morgan fingerprint density at radius 1 is 1.05 bits per heavy atom. The highest BCUT2D eigenvalue weighted by molar-refractivity contribution is 5.31. The Morgan fingerprint density at radius 3 is 2.43 bits per heavy atom. The first-order valence-corrected chi connectivity index (χ1v) is 7.17. The minimum Gasteiger partial charge on any atom is -0.497 e. The summed E-state index contributed by atoms with van der Waals surface area (Å²) in [5.41, 5.74) is 3.08. The van der Waals surface area contributed by atoms with Gasteiger partial charge in [0.1, 0.15) is 11.6 Å². The lowest BCUT2D eigenvalue weighted by Crippen LogP contribution is -2.23. The summed E-state index contributed by atoms with van der Waals surface area (Å²) in [5, 5.41) is 3.44. The van der Waals surface area contributed by atoms with Gasteiger partial charge in [0, 0.05) is 23.7 Å². The van der Waals surface area contributed by atoms with Crippen molar-refractivity contribution in [1.29, 1.82) is 0 Å². The van der Waals surface area contributed by atoms with Crippen LogP contribution in [0.3, 0.4) is 0 Å². The Labute approximate surface area is 126 Å². The first kappa shape index (κ1) is 15.5. The van der Waals surface area contributed by atoms with Crippen molar-refractivity contribution in [2.45, 2.75) is 32.9 Å². The molecule has 112 valence electrons. The molecule has 3 heteroatoms. The largest absolute Gasteiger partial charge is 0.497 e. The molecule has 0 amide bonds. The van der Waals surface area contributed by atoms with Gasteiger partial charge in [-0.3, -0.25) is 0 Å². The molecule has 0 aliphatic rings. The summed E-state index contributed by atoms with van der Waals surface area (Å²) in [5.74, 6) is 0.293. The third-order valence-electron chi connectivity index (χ3n) is 3.72. The lowest BCUT2D eigenvalue weighted by molar-refractivity contribution is 0.408. The van der Waals surface area contributed by atoms with Crippen LogP contribution in [-0.4, -0.2) is 7.11 Å². The smallest absolute Gasteiger partial charge is 0.131 e. The van der Waals surface area contributed by atoms with Crippen LogP contribution in [0.2, 0.25) is 0 Å². The topological polar surface area (TPSA) is 21.3 Å². The molecule has 2 nitrogen and oxygen atoms in total.